The van der Waals surface area contributed by atoms with Gasteiger partial charge in [0.1, 0.15) is 0 Å². The number of hydrogen-bond donors (Lipinski definition) is 1. The van der Waals surface area contributed by atoms with Gasteiger partial charge in [-0.05, 0) is 49.1 Å². The van der Waals surface area contributed by atoms with Crippen LogP contribution in [-0.2, 0) is 0 Å². The van der Waals surface area contributed by atoms with Gasteiger partial charge in [0.2, 0.25) is 0 Å². The van der Waals surface area contributed by atoms with Crippen molar-refractivity contribution >= 4 is 31.9 Å². The summed E-state index contributed by atoms with van der Waals surface area (Å²) in [6.45, 7) is 3.33. The summed E-state index contributed by atoms with van der Waals surface area (Å²) in [5.74, 6) is 0.893. The van der Waals surface area contributed by atoms with E-state index in [9.17, 15) is 0 Å². The molecule has 1 unspecified atom stereocenters. The molecule has 1 aliphatic rings. The van der Waals surface area contributed by atoms with Gasteiger partial charge in [0.05, 0.1) is 0 Å². The summed E-state index contributed by atoms with van der Waals surface area (Å²) in [6, 6.07) is 7.00. The molecular formula is C17H25Br2N. The molecule has 0 aromatic heterocycles. The van der Waals surface area contributed by atoms with Crippen LogP contribution in [0.3, 0.4) is 0 Å². The van der Waals surface area contributed by atoms with Crippen LogP contribution < -0.4 is 5.32 Å². The molecule has 2 rings (SSSR count). The second-order valence-electron chi connectivity index (χ2n) is 5.91. The van der Waals surface area contributed by atoms with Crippen LogP contribution in [0.1, 0.15) is 63.5 Å². The Labute approximate surface area is 140 Å². The largest absolute Gasteiger partial charge is 0.310 e. The number of rotatable bonds is 6. The van der Waals surface area contributed by atoms with E-state index in [-0.39, 0.29) is 0 Å². The smallest absolute Gasteiger partial charge is 0.0334 e. The van der Waals surface area contributed by atoms with Crippen LogP contribution in [0.2, 0.25) is 0 Å². The number of benzene rings is 1. The molecule has 1 atom stereocenters. The van der Waals surface area contributed by atoms with Gasteiger partial charge in [0, 0.05) is 15.0 Å². The molecule has 1 aromatic rings. The number of hydrogen-bond acceptors (Lipinski definition) is 1. The molecule has 0 saturated heterocycles. The van der Waals surface area contributed by atoms with Crippen molar-refractivity contribution in [1.82, 2.24) is 5.32 Å². The van der Waals surface area contributed by atoms with Gasteiger partial charge in [0.25, 0.3) is 0 Å². The zero-order valence-electron chi connectivity index (χ0n) is 12.3. The Morgan fingerprint density at radius 1 is 1.20 bits per heavy atom. The molecule has 0 heterocycles. The first-order valence-corrected chi connectivity index (χ1v) is 9.47. The summed E-state index contributed by atoms with van der Waals surface area (Å²) in [4.78, 5) is 0. The lowest BCUT2D eigenvalue weighted by Crippen LogP contribution is -2.25. The summed E-state index contributed by atoms with van der Waals surface area (Å²) in [6.07, 6.45) is 9.56. The molecule has 112 valence electrons. The lowest BCUT2D eigenvalue weighted by molar-refractivity contribution is 0.299. The van der Waals surface area contributed by atoms with Gasteiger partial charge in [-0.25, -0.2) is 0 Å². The Bertz CT molecular complexity index is 413. The van der Waals surface area contributed by atoms with E-state index in [2.05, 4.69) is 62.3 Å². The topological polar surface area (TPSA) is 12.0 Å². The molecule has 0 amide bonds. The van der Waals surface area contributed by atoms with Crippen LogP contribution in [0.25, 0.3) is 0 Å². The summed E-state index contributed by atoms with van der Waals surface area (Å²) < 4.78 is 2.40. The molecule has 1 N–H and O–H groups in total. The SMILES string of the molecule is CCCNC(CC1CCCCC1)c1cc(Br)ccc1Br. The predicted molar refractivity (Wildman–Crippen MR) is 94.1 cm³/mol. The second-order valence-corrected chi connectivity index (χ2v) is 7.68. The molecule has 1 nitrogen and oxygen atoms in total. The van der Waals surface area contributed by atoms with Crippen molar-refractivity contribution in [3.8, 4) is 0 Å². The van der Waals surface area contributed by atoms with Gasteiger partial charge >= 0.3 is 0 Å². The first-order valence-electron chi connectivity index (χ1n) is 7.89. The molecule has 0 aliphatic heterocycles. The third-order valence-corrected chi connectivity index (χ3v) is 5.48. The molecule has 0 bridgehead atoms. The minimum Gasteiger partial charge on any atom is -0.310 e. The fourth-order valence-electron chi connectivity index (χ4n) is 3.18. The van der Waals surface area contributed by atoms with Gasteiger partial charge < -0.3 is 5.32 Å². The van der Waals surface area contributed by atoms with E-state index in [0.717, 1.165) is 12.5 Å². The Balaban J connectivity index is 2.10. The van der Waals surface area contributed by atoms with Gasteiger partial charge in [-0.15, -0.1) is 0 Å². The molecule has 20 heavy (non-hydrogen) atoms. The maximum Gasteiger partial charge on any atom is 0.0334 e. The van der Waals surface area contributed by atoms with E-state index < -0.39 is 0 Å². The lowest BCUT2D eigenvalue weighted by atomic mass is 9.83. The molecule has 1 fully saturated rings. The minimum atomic E-state index is 0.477. The van der Waals surface area contributed by atoms with Crippen molar-refractivity contribution in [2.24, 2.45) is 5.92 Å². The van der Waals surface area contributed by atoms with Gasteiger partial charge in [0.15, 0.2) is 0 Å². The summed E-state index contributed by atoms with van der Waals surface area (Å²) in [5, 5.41) is 3.75. The van der Waals surface area contributed by atoms with Crippen LogP contribution in [0.4, 0.5) is 0 Å². The van der Waals surface area contributed by atoms with E-state index >= 15 is 0 Å². The van der Waals surface area contributed by atoms with Crippen LogP contribution in [0.5, 0.6) is 0 Å². The van der Waals surface area contributed by atoms with Crippen LogP contribution in [0.15, 0.2) is 27.1 Å². The highest BCUT2D eigenvalue weighted by Crippen LogP contribution is 2.35. The van der Waals surface area contributed by atoms with E-state index in [1.165, 1.54) is 59.5 Å². The lowest BCUT2D eigenvalue weighted by Gasteiger charge is -2.28. The summed E-state index contributed by atoms with van der Waals surface area (Å²) in [5.41, 5.74) is 1.40. The second kappa shape index (κ2) is 8.55. The highest BCUT2D eigenvalue weighted by atomic mass is 79.9. The monoisotopic (exact) mass is 401 g/mol. The molecule has 1 aliphatic carbocycles. The molecule has 1 saturated carbocycles. The summed E-state index contributed by atoms with van der Waals surface area (Å²) in [7, 11) is 0. The van der Waals surface area contributed by atoms with Crippen molar-refractivity contribution in [2.75, 3.05) is 6.54 Å². The van der Waals surface area contributed by atoms with E-state index in [1.54, 1.807) is 0 Å². The van der Waals surface area contributed by atoms with Gasteiger partial charge in [-0.2, -0.15) is 0 Å². The fraction of sp³-hybridized carbons (Fsp3) is 0.647. The Kier molecular flexibility index (Phi) is 7.06. The quantitative estimate of drug-likeness (QED) is 0.595. The number of halogens is 2. The molecule has 1 aromatic carbocycles. The van der Waals surface area contributed by atoms with Crippen LogP contribution >= 0.6 is 31.9 Å². The number of nitrogens with one attached hydrogen (secondary N) is 1. The molecule has 3 heteroatoms. The summed E-state index contributed by atoms with van der Waals surface area (Å²) >= 11 is 7.34. The zero-order chi connectivity index (χ0) is 14.4. The maximum absolute atomic E-state index is 3.75. The van der Waals surface area contributed by atoms with Gasteiger partial charge in [-0.3, -0.25) is 0 Å². The maximum atomic E-state index is 3.75. The highest BCUT2D eigenvalue weighted by Gasteiger charge is 2.21. The molecular weight excluding hydrogens is 378 g/mol. The Morgan fingerprint density at radius 2 is 1.95 bits per heavy atom. The van der Waals surface area contributed by atoms with Gasteiger partial charge in [-0.1, -0.05) is 70.9 Å². The zero-order valence-corrected chi connectivity index (χ0v) is 15.5. The van der Waals surface area contributed by atoms with Crippen molar-refractivity contribution in [2.45, 2.75) is 57.9 Å². The average molecular weight is 403 g/mol. The van der Waals surface area contributed by atoms with Crippen molar-refractivity contribution in [3.63, 3.8) is 0 Å². The van der Waals surface area contributed by atoms with E-state index in [4.69, 9.17) is 0 Å². The normalized spacial score (nSPS) is 18.1. The fourth-order valence-corrected chi connectivity index (χ4v) is 4.08. The Morgan fingerprint density at radius 3 is 2.65 bits per heavy atom. The van der Waals surface area contributed by atoms with Crippen molar-refractivity contribution in [1.29, 1.82) is 0 Å². The third-order valence-electron chi connectivity index (χ3n) is 4.27. The molecule has 0 spiro atoms. The van der Waals surface area contributed by atoms with Crippen LogP contribution in [0, 0.1) is 5.92 Å². The van der Waals surface area contributed by atoms with Crippen LogP contribution in [-0.4, -0.2) is 6.54 Å². The minimum absolute atomic E-state index is 0.477. The molecule has 0 radical (unpaired) electrons. The van der Waals surface area contributed by atoms with E-state index in [1.807, 2.05) is 0 Å². The predicted octanol–water partition coefficient (Wildman–Crippen LogP) is 6.22. The standard InChI is InChI=1S/C17H25Br2N/c1-2-10-20-17(11-13-6-4-3-5-7-13)15-12-14(18)8-9-16(15)19/h8-9,12-13,17,20H,2-7,10-11H2,1H3. The third kappa shape index (κ3) is 4.85. The first kappa shape index (κ1) is 16.5. The van der Waals surface area contributed by atoms with E-state index in [0.29, 0.717) is 6.04 Å². The Hall–Kier alpha value is 0.140. The van der Waals surface area contributed by atoms with Crippen molar-refractivity contribution < 1.29 is 0 Å². The first-order chi connectivity index (χ1) is 9.70. The van der Waals surface area contributed by atoms with Crippen molar-refractivity contribution in [3.05, 3.63) is 32.7 Å². The average Bonchev–Trinajstić information content (AvgIpc) is 2.47. The highest BCUT2D eigenvalue weighted by molar-refractivity contribution is 9.11.